The van der Waals surface area contributed by atoms with E-state index in [9.17, 15) is 0 Å². The van der Waals surface area contributed by atoms with Gasteiger partial charge in [0.2, 0.25) is 0 Å². The van der Waals surface area contributed by atoms with Gasteiger partial charge in [-0.25, -0.2) is 0 Å². The van der Waals surface area contributed by atoms with Crippen molar-refractivity contribution < 1.29 is 0 Å². The van der Waals surface area contributed by atoms with Crippen molar-refractivity contribution in [2.24, 2.45) is 0 Å². The highest BCUT2D eigenvalue weighted by atomic mass is 35.5. The third-order valence-electron chi connectivity index (χ3n) is 3.36. The van der Waals surface area contributed by atoms with Crippen molar-refractivity contribution in [3.63, 3.8) is 0 Å². The highest BCUT2D eigenvalue weighted by Gasteiger charge is 2.13. The lowest BCUT2D eigenvalue weighted by Crippen LogP contribution is -2.38. The van der Waals surface area contributed by atoms with E-state index in [-0.39, 0.29) is 0 Å². The second-order valence-electron chi connectivity index (χ2n) is 4.71. The molecule has 18 heavy (non-hydrogen) atoms. The lowest BCUT2D eigenvalue weighted by atomic mass is 10.1. The quantitative estimate of drug-likeness (QED) is 0.873. The van der Waals surface area contributed by atoms with Crippen molar-refractivity contribution in [1.29, 1.82) is 0 Å². The van der Waals surface area contributed by atoms with Crippen LogP contribution < -0.4 is 10.6 Å². The average molecular weight is 262 g/mol. The van der Waals surface area contributed by atoms with E-state index in [2.05, 4.69) is 15.6 Å². The van der Waals surface area contributed by atoms with Crippen LogP contribution >= 0.6 is 11.6 Å². The molecule has 0 bridgehead atoms. The zero-order valence-electron chi connectivity index (χ0n) is 10.1. The van der Waals surface area contributed by atoms with Crippen molar-refractivity contribution in [2.45, 2.75) is 18.9 Å². The normalized spacial score (nSPS) is 19.9. The van der Waals surface area contributed by atoms with Crippen molar-refractivity contribution in [1.82, 2.24) is 10.3 Å². The Morgan fingerprint density at radius 1 is 1.33 bits per heavy atom. The maximum atomic E-state index is 5.99. The number of halogens is 1. The molecule has 1 aliphatic heterocycles. The van der Waals surface area contributed by atoms with E-state index < -0.39 is 0 Å². The van der Waals surface area contributed by atoms with Crippen LogP contribution in [0.3, 0.4) is 0 Å². The lowest BCUT2D eigenvalue weighted by molar-refractivity contribution is 0.480. The molecular weight excluding hydrogens is 246 g/mol. The first kappa shape index (κ1) is 11.8. The van der Waals surface area contributed by atoms with E-state index in [0.29, 0.717) is 6.04 Å². The summed E-state index contributed by atoms with van der Waals surface area (Å²) in [7, 11) is 0. The Labute approximate surface area is 112 Å². The molecule has 0 radical (unpaired) electrons. The van der Waals surface area contributed by atoms with Crippen LogP contribution in [0.15, 0.2) is 30.5 Å². The highest BCUT2D eigenvalue weighted by molar-refractivity contribution is 6.31. The minimum Gasteiger partial charge on any atom is -0.380 e. The predicted molar refractivity (Wildman–Crippen MR) is 76.3 cm³/mol. The fourth-order valence-electron chi connectivity index (χ4n) is 2.44. The van der Waals surface area contributed by atoms with Gasteiger partial charge >= 0.3 is 0 Å². The molecule has 1 aliphatic rings. The largest absolute Gasteiger partial charge is 0.380 e. The molecule has 0 unspecified atom stereocenters. The summed E-state index contributed by atoms with van der Waals surface area (Å²) in [6, 6.07) is 8.38. The molecule has 0 saturated carbocycles. The number of hydrogen-bond acceptors (Lipinski definition) is 3. The molecular formula is C14H16ClN3. The highest BCUT2D eigenvalue weighted by Crippen LogP contribution is 2.25. The number of aromatic nitrogens is 1. The second kappa shape index (κ2) is 5.12. The summed E-state index contributed by atoms with van der Waals surface area (Å²) in [6.07, 6.45) is 4.27. The molecule has 1 aromatic carbocycles. The number of nitrogens with one attached hydrogen (secondary N) is 2. The van der Waals surface area contributed by atoms with Gasteiger partial charge in [-0.3, -0.25) is 4.98 Å². The van der Waals surface area contributed by atoms with Crippen LogP contribution in [-0.2, 0) is 0 Å². The van der Waals surface area contributed by atoms with Gasteiger partial charge in [0.15, 0.2) is 0 Å². The SMILES string of the molecule is Clc1ccc2c(N[C@H]3CCCNC3)ccnc2c1. The summed E-state index contributed by atoms with van der Waals surface area (Å²) in [4.78, 5) is 4.36. The summed E-state index contributed by atoms with van der Waals surface area (Å²) in [5.74, 6) is 0. The first-order valence-corrected chi connectivity index (χ1v) is 6.72. The molecule has 4 heteroatoms. The molecule has 0 amide bonds. The molecule has 2 aromatic rings. The Hall–Kier alpha value is -1.32. The Morgan fingerprint density at radius 3 is 3.11 bits per heavy atom. The second-order valence-corrected chi connectivity index (χ2v) is 5.14. The van der Waals surface area contributed by atoms with Gasteiger partial charge < -0.3 is 10.6 Å². The minimum absolute atomic E-state index is 0.500. The number of rotatable bonds is 2. The van der Waals surface area contributed by atoms with Crippen LogP contribution in [0.5, 0.6) is 0 Å². The molecule has 0 spiro atoms. The van der Waals surface area contributed by atoms with Crippen molar-refractivity contribution in [3.05, 3.63) is 35.5 Å². The monoisotopic (exact) mass is 261 g/mol. The third-order valence-corrected chi connectivity index (χ3v) is 3.60. The van der Waals surface area contributed by atoms with Gasteiger partial charge in [0, 0.05) is 34.9 Å². The fourth-order valence-corrected chi connectivity index (χ4v) is 2.61. The van der Waals surface area contributed by atoms with Crippen LogP contribution in [0.4, 0.5) is 5.69 Å². The molecule has 2 N–H and O–H groups in total. The van der Waals surface area contributed by atoms with E-state index in [4.69, 9.17) is 11.6 Å². The standard InChI is InChI=1S/C14H16ClN3/c15-10-3-4-12-13(5-7-17-14(12)8-10)18-11-2-1-6-16-9-11/h3-5,7-8,11,16H,1-2,6,9H2,(H,17,18)/t11-/m0/s1. The molecule has 1 atom stereocenters. The van der Waals surface area contributed by atoms with Gasteiger partial charge in [-0.15, -0.1) is 0 Å². The summed E-state index contributed by atoms with van der Waals surface area (Å²) in [5.41, 5.74) is 2.08. The summed E-state index contributed by atoms with van der Waals surface area (Å²) < 4.78 is 0. The van der Waals surface area contributed by atoms with Gasteiger partial charge in [-0.05, 0) is 43.7 Å². The molecule has 0 aliphatic carbocycles. The van der Waals surface area contributed by atoms with Gasteiger partial charge in [0.05, 0.1) is 5.52 Å². The molecule has 3 rings (SSSR count). The van der Waals surface area contributed by atoms with E-state index in [1.54, 1.807) is 0 Å². The van der Waals surface area contributed by atoms with Crippen LogP contribution in [-0.4, -0.2) is 24.1 Å². The zero-order chi connectivity index (χ0) is 12.4. The third kappa shape index (κ3) is 2.42. The number of fused-ring (bicyclic) bond motifs is 1. The molecule has 1 aromatic heterocycles. The lowest BCUT2D eigenvalue weighted by Gasteiger charge is -2.25. The maximum absolute atomic E-state index is 5.99. The van der Waals surface area contributed by atoms with E-state index in [1.807, 2.05) is 30.5 Å². The fraction of sp³-hybridized carbons (Fsp3) is 0.357. The number of pyridine rings is 1. The zero-order valence-corrected chi connectivity index (χ0v) is 10.9. The van der Waals surface area contributed by atoms with E-state index in [1.165, 1.54) is 12.8 Å². The molecule has 1 fully saturated rings. The summed E-state index contributed by atoms with van der Waals surface area (Å²) >= 11 is 5.99. The number of hydrogen-bond donors (Lipinski definition) is 2. The summed E-state index contributed by atoms with van der Waals surface area (Å²) in [6.45, 7) is 2.16. The molecule has 94 valence electrons. The average Bonchev–Trinajstić information content (AvgIpc) is 2.40. The Bertz CT molecular complexity index is 550. The maximum Gasteiger partial charge on any atom is 0.0737 e. The van der Waals surface area contributed by atoms with Crippen LogP contribution in [0.2, 0.25) is 5.02 Å². The van der Waals surface area contributed by atoms with Gasteiger partial charge in [-0.2, -0.15) is 0 Å². The van der Waals surface area contributed by atoms with E-state index in [0.717, 1.165) is 34.7 Å². The smallest absolute Gasteiger partial charge is 0.0737 e. The Kier molecular flexibility index (Phi) is 3.35. The first-order chi connectivity index (χ1) is 8.83. The topological polar surface area (TPSA) is 37.0 Å². The van der Waals surface area contributed by atoms with Crippen LogP contribution in [0, 0.1) is 0 Å². The minimum atomic E-state index is 0.500. The van der Waals surface area contributed by atoms with Crippen molar-refractivity contribution in [3.8, 4) is 0 Å². The van der Waals surface area contributed by atoms with E-state index >= 15 is 0 Å². The summed E-state index contributed by atoms with van der Waals surface area (Å²) in [5, 5.41) is 8.87. The number of piperidine rings is 1. The number of nitrogens with zero attached hydrogens (tertiary/aromatic N) is 1. The van der Waals surface area contributed by atoms with Crippen LogP contribution in [0.25, 0.3) is 10.9 Å². The molecule has 2 heterocycles. The Morgan fingerprint density at radius 2 is 2.28 bits per heavy atom. The predicted octanol–water partition coefficient (Wildman–Crippen LogP) is 3.05. The Balaban J connectivity index is 1.91. The number of benzene rings is 1. The molecule has 3 nitrogen and oxygen atoms in total. The van der Waals surface area contributed by atoms with Gasteiger partial charge in [0.25, 0.3) is 0 Å². The first-order valence-electron chi connectivity index (χ1n) is 6.34. The van der Waals surface area contributed by atoms with Crippen molar-refractivity contribution in [2.75, 3.05) is 18.4 Å². The van der Waals surface area contributed by atoms with Gasteiger partial charge in [0.1, 0.15) is 0 Å². The molecule has 1 saturated heterocycles. The number of anilines is 1. The van der Waals surface area contributed by atoms with Crippen molar-refractivity contribution >= 4 is 28.2 Å². The van der Waals surface area contributed by atoms with Crippen LogP contribution in [0.1, 0.15) is 12.8 Å². The van der Waals surface area contributed by atoms with Gasteiger partial charge in [-0.1, -0.05) is 11.6 Å².